The Hall–Kier alpha value is -2.48. The van der Waals surface area contributed by atoms with Crippen LogP contribution in [-0.4, -0.2) is 16.7 Å². The molecule has 0 aliphatic heterocycles. The van der Waals surface area contributed by atoms with E-state index in [2.05, 4.69) is 11.1 Å². The molecule has 19 heavy (non-hydrogen) atoms. The van der Waals surface area contributed by atoms with Gasteiger partial charge in [-0.15, -0.1) is 0 Å². The van der Waals surface area contributed by atoms with Crippen LogP contribution in [0.3, 0.4) is 0 Å². The Balaban J connectivity index is 2.13. The van der Waals surface area contributed by atoms with Crippen molar-refractivity contribution in [1.29, 1.82) is 5.26 Å². The third-order valence-electron chi connectivity index (χ3n) is 2.79. The fourth-order valence-electron chi connectivity index (χ4n) is 1.77. The van der Waals surface area contributed by atoms with Crippen LogP contribution in [0.1, 0.15) is 18.3 Å². The second-order valence-corrected chi connectivity index (χ2v) is 3.90. The second kappa shape index (κ2) is 5.91. The van der Waals surface area contributed by atoms with Crippen LogP contribution >= 0.6 is 0 Å². The predicted octanol–water partition coefficient (Wildman–Crippen LogP) is 2.36. The van der Waals surface area contributed by atoms with Crippen LogP contribution in [-0.2, 0) is 13.2 Å². The van der Waals surface area contributed by atoms with E-state index in [1.54, 1.807) is 31.5 Å². The molecule has 0 bridgehead atoms. The lowest BCUT2D eigenvalue weighted by atomic mass is 10.2. The van der Waals surface area contributed by atoms with Gasteiger partial charge >= 0.3 is 0 Å². The van der Waals surface area contributed by atoms with Gasteiger partial charge in [-0.3, -0.25) is 0 Å². The number of methoxy groups -OCH3 is 1. The van der Waals surface area contributed by atoms with Gasteiger partial charge in [0.15, 0.2) is 11.5 Å². The maximum absolute atomic E-state index is 8.84. The molecule has 1 aromatic carbocycles. The first-order valence-corrected chi connectivity index (χ1v) is 5.99. The van der Waals surface area contributed by atoms with Crippen LogP contribution in [0.2, 0.25) is 0 Å². The molecule has 0 aliphatic carbocycles. The van der Waals surface area contributed by atoms with Crippen LogP contribution in [0.15, 0.2) is 30.6 Å². The first kappa shape index (κ1) is 13.0. The molecule has 0 spiro atoms. The van der Waals surface area contributed by atoms with Gasteiger partial charge < -0.3 is 14.0 Å². The summed E-state index contributed by atoms with van der Waals surface area (Å²) in [6.07, 6.45) is 3.66. The number of hydrogen-bond donors (Lipinski definition) is 0. The molecule has 0 N–H and O–H groups in total. The van der Waals surface area contributed by atoms with Crippen molar-refractivity contribution in [3.05, 3.63) is 42.0 Å². The molecule has 0 atom stereocenters. The number of nitriles is 1. The number of ether oxygens (including phenoxy) is 2. The number of imidazole rings is 1. The van der Waals surface area contributed by atoms with Gasteiger partial charge in [-0.25, -0.2) is 4.98 Å². The third-order valence-corrected chi connectivity index (χ3v) is 2.79. The zero-order chi connectivity index (χ0) is 13.7. The number of aromatic nitrogens is 2. The van der Waals surface area contributed by atoms with Crippen molar-refractivity contribution >= 4 is 0 Å². The molecule has 1 aromatic heterocycles. The lowest BCUT2D eigenvalue weighted by Crippen LogP contribution is -2.06. The monoisotopic (exact) mass is 257 g/mol. The standard InChI is InChI=1S/C14H15N3O2/c1-3-17-7-6-16-14(17)10-19-12-5-4-11(9-15)8-13(12)18-2/h4-8H,3,10H2,1-2H3. The Kier molecular flexibility index (Phi) is 4.04. The van der Waals surface area contributed by atoms with Crippen LogP contribution in [0, 0.1) is 11.3 Å². The van der Waals surface area contributed by atoms with Crippen molar-refractivity contribution in [2.24, 2.45) is 0 Å². The average Bonchev–Trinajstić information content (AvgIpc) is 2.92. The largest absolute Gasteiger partial charge is 0.493 e. The van der Waals surface area contributed by atoms with Gasteiger partial charge in [0, 0.05) is 25.0 Å². The smallest absolute Gasteiger partial charge is 0.162 e. The van der Waals surface area contributed by atoms with Gasteiger partial charge in [0.25, 0.3) is 0 Å². The highest BCUT2D eigenvalue weighted by Gasteiger charge is 2.08. The lowest BCUT2D eigenvalue weighted by Gasteiger charge is -2.11. The van der Waals surface area contributed by atoms with Crippen LogP contribution in [0.5, 0.6) is 11.5 Å². The van der Waals surface area contributed by atoms with Crippen LogP contribution in [0.4, 0.5) is 0 Å². The number of benzene rings is 1. The minimum Gasteiger partial charge on any atom is -0.493 e. The Morgan fingerprint density at radius 2 is 2.21 bits per heavy atom. The van der Waals surface area contributed by atoms with Gasteiger partial charge in [0.2, 0.25) is 0 Å². The van der Waals surface area contributed by atoms with Crippen LogP contribution in [0.25, 0.3) is 0 Å². The minimum absolute atomic E-state index is 0.364. The highest BCUT2D eigenvalue weighted by atomic mass is 16.5. The normalized spacial score (nSPS) is 9.95. The van der Waals surface area contributed by atoms with E-state index in [0.29, 0.717) is 23.7 Å². The summed E-state index contributed by atoms with van der Waals surface area (Å²) in [4.78, 5) is 4.24. The second-order valence-electron chi connectivity index (χ2n) is 3.90. The average molecular weight is 257 g/mol. The van der Waals surface area contributed by atoms with E-state index in [4.69, 9.17) is 14.7 Å². The number of nitrogens with zero attached hydrogens (tertiary/aromatic N) is 3. The molecule has 2 aromatic rings. The van der Waals surface area contributed by atoms with E-state index in [1.165, 1.54) is 0 Å². The maximum Gasteiger partial charge on any atom is 0.162 e. The SMILES string of the molecule is CCn1ccnc1COc1ccc(C#N)cc1OC. The molecule has 5 heteroatoms. The Morgan fingerprint density at radius 3 is 2.89 bits per heavy atom. The summed E-state index contributed by atoms with van der Waals surface area (Å²) in [7, 11) is 1.55. The van der Waals surface area contributed by atoms with Gasteiger partial charge in [-0.1, -0.05) is 0 Å². The van der Waals surface area contributed by atoms with Gasteiger partial charge in [-0.2, -0.15) is 5.26 Å². The Labute approximate surface area is 112 Å². The van der Waals surface area contributed by atoms with Crippen molar-refractivity contribution in [3.63, 3.8) is 0 Å². The van der Waals surface area contributed by atoms with E-state index >= 15 is 0 Å². The molecule has 1 heterocycles. The predicted molar refractivity (Wildman–Crippen MR) is 69.9 cm³/mol. The molecule has 2 rings (SSSR count). The molecular weight excluding hydrogens is 242 g/mol. The molecule has 0 unspecified atom stereocenters. The summed E-state index contributed by atoms with van der Waals surface area (Å²) in [5, 5.41) is 8.84. The molecule has 0 aliphatic rings. The number of rotatable bonds is 5. The van der Waals surface area contributed by atoms with Crippen molar-refractivity contribution in [2.75, 3.05) is 7.11 Å². The van der Waals surface area contributed by atoms with E-state index < -0.39 is 0 Å². The summed E-state index contributed by atoms with van der Waals surface area (Å²) in [6, 6.07) is 7.15. The summed E-state index contributed by atoms with van der Waals surface area (Å²) < 4.78 is 12.9. The highest BCUT2D eigenvalue weighted by molar-refractivity contribution is 5.46. The van der Waals surface area contributed by atoms with Crippen molar-refractivity contribution in [1.82, 2.24) is 9.55 Å². The molecule has 0 amide bonds. The lowest BCUT2D eigenvalue weighted by molar-refractivity contribution is 0.271. The fraction of sp³-hybridized carbons (Fsp3) is 0.286. The molecule has 98 valence electrons. The van der Waals surface area contributed by atoms with Crippen molar-refractivity contribution in [2.45, 2.75) is 20.1 Å². The topological polar surface area (TPSA) is 60.1 Å². The summed E-state index contributed by atoms with van der Waals surface area (Å²) in [5.74, 6) is 2.01. The Bertz CT molecular complexity index is 599. The van der Waals surface area contributed by atoms with Gasteiger partial charge in [0.1, 0.15) is 12.4 Å². The van der Waals surface area contributed by atoms with Gasteiger partial charge in [0.05, 0.1) is 18.7 Å². The van der Waals surface area contributed by atoms with Crippen molar-refractivity contribution < 1.29 is 9.47 Å². The molecule has 0 saturated carbocycles. The van der Waals surface area contributed by atoms with E-state index in [-0.39, 0.29) is 0 Å². The van der Waals surface area contributed by atoms with Crippen LogP contribution < -0.4 is 9.47 Å². The zero-order valence-corrected chi connectivity index (χ0v) is 11.0. The first-order valence-electron chi connectivity index (χ1n) is 5.99. The number of aryl methyl sites for hydroxylation is 1. The first-order chi connectivity index (χ1) is 9.28. The maximum atomic E-state index is 8.84. The van der Waals surface area contributed by atoms with E-state index in [9.17, 15) is 0 Å². The molecule has 0 fully saturated rings. The quantitative estimate of drug-likeness (QED) is 0.825. The molecular formula is C14H15N3O2. The third kappa shape index (κ3) is 2.86. The number of hydrogen-bond acceptors (Lipinski definition) is 4. The summed E-state index contributed by atoms with van der Waals surface area (Å²) in [6.45, 7) is 3.26. The van der Waals surface area contributed by atoms with Gasteiger partial charge in [-0.05, 0) is 19.1 Å². The zero-order valence-electron chi connectivity index (χ0n) is 11.0. The van der Waals surface area contributed by atoms with E-state index in [1.807, 2.05) is 17.7 Å². The summed E-state index contributed by atoms with van der Waals surface area (Å²) in [5.41, 5.74) is 0.541. The van der Waals surface area contributed by atoms with E-state index in [0.717, 1.165) is 12.4 Å². The Morgan fingerprint density at radius 1 is 1.37 bits per heavy atom. The highest BCUT2D eigenvalue weighted by Crippen LogP contribution is 2.28. The minimum atomic E-state index is 0.364. The molecule has 5 nitrogen and oxygen atoms in total. The summed E-state index contributed by atoms with van der Waals surface area (Å²) >= 11 is 0. The van der Waals surface area contributed by atoms with Crippen molar-refractivity contribution in [3.8, 4) is 17.6 Å². The fourth-order valence-corrected chi connectivity index (χ4v) is 1.77. The molecule has 0 saturated heterocycles. The molecule has 0 radical (unpaired) electrons.